The second-order valence-electron chi connectivity index (χ2n) is 6.57. The van der Waals surface area contributed by atoms with Gasteiger partial charge in [-0.25, -0.2) is 4.98 Å². The van der Waals surface area contributed by atoms with Crippen LogP contribution in [0.2, 0.25) is 0 Å². The summed E-state index contributed by atoms with van der Waals surface area (Å²) in [5.74, 6) is 2.07. The van der Waals surface area contributed by atoms with E-state index in [4.69, 9.17) is 0 Å². The van der Waals surface area contributed by atoms with Crippen molar-refractivity contribution in [1.29, 1.82) is 0 Å². The molecule has 0 bridgehead atoms. The highest BCUT2D eigenvalue weighted by Crippen LogP contribution is 2.30. The highest BCUT2D eigenvalue weighted by atomic mass is 16.3. The summed E-state index contributed by atoms with van der Waals surface area (Å²) in [5, 5.41) is 16.0. The number of hydrogen-bond acceptors (Lipinski definition) is 6. The third-order valence-corrected chi connectivity index (χ3v) is 4.28. The summed E-state index contributed by atoms with van der Waals surface area (Å²) in [5.41, 5.74) is 1.63. The maximum Gasteiger partial charge on any atom is 0.227 e. The summed E-state index contributed by atoms with van der Waals surface area (Å²) < 4.78 is 2.05. The Balaban J connectivity index is 1.96. The van der Waals surface area contributed by atoms with Crippen molar-refractivity contribution < 1.29 is 5.11 Å². The van der Waals surface area contributed by atoms with Crippen LogP contribution in [0.25, 0.3) is 11.2 Å². The molecule has 3 N–H and O–H groups in total. The maximum atomic E-state index is 9.41. The van der Waals surface area contributed by atoms with Crippen LogP contribution in [0.4, 0.5) is 11.8 Å². The zero-order valence-electron chi connectivity index (χ0n) is 14.1. The molecular weight excluding hydrogens is 292 g/mol. The molecule has 0 radical (unpaired) electrons. The average Bonchev–Trinajstić information content (AvgIpc) is 3.27. The number of aliphatic hydroxyl groups is 1. The van der Waals surface area contributed by atoms with Crippen LogP contribution in [0.1, 0.15) is 46.1 Å². The summed E-state index contributed by atoms with van der Waals surface area (Å²) in [6.07, 6.45) is 5.20. The van der Waals surface area contributed by atoms with Gasteiger partial charge in [-0.2, -0.15) is 9.97 Å². The number of imidazole rings is 1. The monoisotopic (exact) mass is 318 g/mol. The zero-order chi connectivity index (χ0) is 16.4. The lowest BCUT2D eigenvalue weighted by Gasteiger charge is -2.16. The van der Waals surface area contributed by atoms with Crippen molar-refractivity contribution in [2.24, 2.45) is 5.92 Å². The highest BCUT2D eigenvalue weighted by Gasteiger charge is 2.22. The van der Waals surface area contributed by atoms with Crippen LogP contribution in [-0.2, 0) is 0 Å². The summed E-state index contributed by atoms with van der Waals surface area (Å²) in [6.45, 7) is 7.23. The molecule has 0 unspecified atom stereocenters. The Morgan fingerprint density at radius 2 is 2.13 bits per heavy atom. The zero-order valence-corrected chi connectivity index (χ0v) is 14.1. The molecule has 1 fully saturated rings. The smallest absolute Gasteiger partial charge is 0.227 e. The van der Waals surface area contributed by atoms with Crippen molar-refractivity contribution in [3.8, 4) is 0 Å². The van der Waals surface area contributed by atoms with Crippen molar-refractivity contribution in [3.05, 3.63) is 6.33 Å². The molecule has 1 atom stereocenters. The summed E-state index contributed by atoms with van der Waals surface area (Å²) in [4.78, 5) is 13.7. The van der Waals surface area contributed by atoms with Gasteiger partial charge in [-0.05, 0) is 39.0 Å². The van der Waals surface area contributed by atoms with Gasteiger partial charge in [0.05, 0.1) is 19.0 Å². The van der Waals surface area contributed by atoms with Crippen LogP contribution >= 0.6 is 0 Å². The van der Waals surface area contributed by atoms with E-state index in [0.29, 0.717) is 5.95 Å². The van der Waals surface area contributed by atoms with Gasteiger partial charge in [0, 0.05) is 12.6 Å². The molecule has 0 spiro atoms. The van der Waals surface area contributed by atoms with E-state index in [1.807, 2.05) is 17.8 Å². The quantitative estimate of drug-likeness (QED) is 0.693. The predicted molar refractivity (Wildman–Crippen MR) is 91.7 cm³/mol. The van der Waals surface area contributed by atoms with Crippen LogP contribution in [0, 0.1) is 5.92 Å². The lowest BCUT2D eigenvalue weighted by atomic mass is 10.2. The Labute approximate surface area is 136 Å². The van der Waals surface area contributed by atoms with Gasteiger partial charge in [0.2, 0.25) is 5.95 Å². The van der Waals surface area contributed by atoms with E-state index in [9.17, 15) is 5.11 Å². The molecule has 2 heterocycles. The number of fused-ring (bicyclic) bond motifs is 1. The highest BCUT2D eigenvalue weighted by molar-refractivity contribution is 5.84. The van der Waals surface area contributed by atoms with Crippen LogP contribution < -0.4 is 10.6 Å². The molecule has 126 valence electrons. The number of aromatic nitrogens is 4. The van der Waals surface area contributed by atoms with Gasteiger partial charge < -0.3 is 20.3 Å². The van der Waals surface area contributed by atoms with Gasteiger partial charge in [-0.3, -0.25) is 0 Å². The van der Waals surface area contributed by atoms with E-state index in [0.717, 1.165) is 35.9 Å². The SMILES string of the molecule is CC[C@H](CO)Nc1nc(NCC2CC2)c2ncn(C(C)C)c2n1. The van der Waals surface area contributed by atoms with E-state index >= 15 is 0 Å². The minimum atomic E-state index is -0.0425. The van der Waals surface area contributed by atoms with Gasteiger partial charge >= 0.3 is 0 Å². The largest absolute Gasteiger partial charge is 0.394 e. The summed E-state index contributed by atoms with van der Waals surface area (Å²) in [7, 11) is 0. The van der Waals surface area contributed by atoms with E-state index in [2.05, 4.69) is 39.4 Å². The fourth-order valence-electron chi connectivity index (χ4n) is 2.50. The van der Waals surface area contributed by atoms with Crippen molar-refractivity contribution in [2.45, 2.75) is 52.1 Å². The maximum absolute atomic E-state index is 9.41. The molecule has 0 aromatic carbocycles. The molecule has 0 amide bonds. The van der Waals surface area contributed by atoms with Gasteiger partial charge in [-0.15, -0.1) is 0 Å². The Hall–Kier alpha value is -1.89. The van der Waals surface area contributed by atoms with Gasteiger partial charge in [0.25, 0.3) is 0 Å². The predicted octanol–water partition coefficient (Wildman–Crippen LogP) is 2.41. The van der Waals surface area contributed by atoms with Crippen LogP contribution in [0.3, 0.4) is 0 Å². The van der Waals surface area contributed by atoms with Gasteiger partial charge in [0.1, 0.15) is 0 Å². The van der Waals surface area contributed by atoms with Crippen molar-refractivity contribution in [1.82, 2.24) is 19.5 Å². The molecule has 1 aliphatic carbocycles. The average molecular weight is 318 g/mol. The third-order valence-electron chi connectivity index (χ3n) is 4.28. The van der Waals surface area contributed by atoms with Crippen molar-refractivity contribution >= 4 is 22.9 Å². The molecule has 0 aliphatic heterocycles. The molecule has 2 aromatic heterocycles. The lowest BCUT2D eigenvalue weighted by molar-refractivity contribution is 0.271. The Kier molecular flexibility index (Phi) is 4.66. The fraction of sp³-hybridized carbons (Fsp3) is 0.688. The van der Waals surface area contributed by atoms with E-state index in [1.54, 1.807) is 0 Å². The van der Waals surface area contributed by atoms with E-state index in [1.165, 1.54) is 12.8 Å². The molecule has 2 aromatic rings. The number of rotatable bonds is 8. The second-order valence-corrected chi connectivity index (χ2v) is 6.57. The van der Waals surface area contributed by atoms with Gasteiger partial charge in [-0.1, -0.05) is 6.92 Å². The Morgan fingerprint density at radius 1 is 1.35 bits per heavy atom. The van der Waals surface area contributed by atoms with E-state index < -0.39 is 0 Å². The molecule has 7 nitrogen and oxygen atoms in total. The Morgan fingerprint density at radius 3 is 2.74 bits per heavy atom. The first-order valence-electron chi connectivity index (χ1n) is 8.48. The second kappa shape index (κ2) is 6.70. The van der Waals surface area contributed by atoms with E-state index in [-0.39, 0.29) is 18.7 Å². The minimum Gasteiger partial charge on any atom is -0.394 e. The molecule has 1 saturated carbocycles. The van der Waals surface area contributed by atoms with Crippen LogP contribution in [-0.4, -0.2) is 43.8 Å². The normalized spacial score (nSPS) is 16.0. The fourth-order valence-corrected chi connectivity index (χ4v) is 2.50. The molecule has 3 rings (SSSR count). The Bertz CT molecular complexity index is 660. The first kappa shape index (κ1) is 16.0. The first-order chi connectivity index (χ1) is 11.1. The number of hydrogen-bond donors (Lipinski definition) is 3. The van der Waals surface area contributed by atoms with Crippen molar-refractivity contribution in [2.75, 3.05) is 23.8 Å². The molecule has 0 saturated heterocycles. The topological polar surface area (TPSA) is 87.9 Å². The molecular formula is C16H26N6O. The number of anilines is 2. The minimum absolute atomic E-state index is 0.0425. The van der Waals surface area contributed by atoms with Crippen molar-refractivity contribution in [3.63, 3.8) is 0 Å². The number of nitrogens with zero attached hydrogens (tertiary/aromatic N) is 4. The molecule has 7 heteroatoms. The molecule has 23 heavy (non-hydrogen) atoms. The lowest BCUT2D eigenvalue weighted by Crippen LogP contribution is -2.24. The summed E-state index contributed by atoms with van der Waals surface area (Å²) in [6, 6.07) is 0.234. The van der Waals surface area contributed by atoms with Crippen LogP contribution in [0.15, 0.2) is 6.33 Å². The molecule has 1 aliphatic rings. The summed E-state index contributed by atoms with van der Waals surface area (Å²) >= 11 is 0. The van der Waals surface area contributed by atoms with Gasteiger partial charge in [0.15, 0.2) is 17.0 Å². The van der Waals surface area contributed by atoms with Crippen LogP contribution in [0.5, 0.6) is 0 Å². The third kappa shape index (κ3) is 3.55. The first-order valence-corrected chi connectivity index (χ1v) is 8.48. The number of nitrogens with one attached hydrogen (secondary N) is 2. The standard InChI is InChI=1S/C16H26N6O/c1-4-12(8-23)19-16-20-14(17-7-11-5-6-11)13-15(21-16)22(9-18-13)10(2)3/h9-12,23H,4-8H2,1-3H3,(H2,17,19,20,21)/t12-/m1/s1. The number of aliphatic hydroxyl groups excluding tert-OH is 1.